The van der Waals surface area contributed by atoms with Crippen molar-refractivity contribution in [2.75, 3.05) is 33.3 Å². The van der Waals surface area contributed by atoms with Crippen LogP contribution in [0.1, 0.15) is 34.9 Å². The Balaban J connectivity index is 1.38. The first-order valence-corrected chi connectivity index (χ1v) is 9.72. The van der Waals surface area contributed by atoms with Gasteiger partial charge in [-0.1, -0.05) is 12.1 Å². The zero-order valence-corrected chi connectivity index (χ0v) is 16.6. The first kappa shape index (κ1) is 19.1. The van der Waals surface area contributed by atoms with Gasteiger partial charge in [0.1, 0.15) is 11.8 Å². The molecule has 1 saturated heterocycles. The third-order valence-corrected chi connectivity index (χ3v) is 5.48. The normalized spacial score (nSPS) is 16.0. The van der Waals surface area contributed by atoms with Crippen LogP contribution in [0.4, 0.5) is 0 Å². The van der Waals surface area contributed by atoms with Crippen LogP contribution in [-0.4, -0.2) is 64.3 Å². The first-order chi connectivity index (χ1) is 14.2. The van der Waals surface area contributed by atoms with Crippen molar-refractivity contribution in [1.82, 2.24) is 25.1 Å². The average Bonchev–Trinajstić information content (AvgIpc) is 3.46. The summed E-state index contributed by atoms with van der Waals surface area (Å²) in [5, 5.41) is 12.4. The van der Waals surface area contributed by atoms with Gasteiger partial charge in [-0.05, 0) is 47.2 Å². The largest absolute Gasteiger partial charge is 0.497 e. The van der Waals surface area contributed by atoms with Gasteiger partial charge in [0, 0.05) is 0 Å². The molecule has 0 radical (unpaired) electrons. The maximum absolute atomic E-state index is 12.4. The number of carbonyl (C=O) groups is 1. The number of piperazine rings is 1. The Hall–Kier alpha value is -3.20. The highest BCUT2D eigenvalue weighted by Gasteiger charge is 2.31. The molecule has 0 saturated carbocycles. The minimum absolute atomic E-state index is 0.0500. The quantitative estimate of drug-likeness (QED) is 0.649. The number of hydrogen-bond acceptors (Lipinski definition) is 6. The summed E-state index contributed by atoms with van der Waals surface area (Å²) in [7, 11) is 1.65. The van der Waals surface area contributed by atoms with Crippen LogP contribution in [0, 0.1) is 0 Å². The number of hydrogen-bond donors (Lipinski definition) is 1. The van der Waals surface area contributed by atoms with Crippen molar-refractivity contribution in [2.24, 2.45) is 0 Å². The molecule has 0 unspecified atom stereocenters. The first-order valence-electron chi connectivity index (χ1n) is 9.72. The zero-order chi connectivity index (χ0) is 20.2. The van der Waals surface area contributed by atoms with Gasteiger partial charge < -0.3 is 19.0 Å². The van der Waals surface area contributed by atoms with Gasteiger partial charge >= 0.3 is 0 Å². The van der Waals surface area contributed by atoms with E-state index in [0.29, 0.717) is 25.4 Å². The van der Waals surface area contributed by atoms with E-state index in [1.807, 2.05) is 33.8 Å². The number of furan rings is 1. The standard InChI is InChI=1S/C20H24N6O3/c1-15(24-9-11-25(12-10-24)20(27)18-4-3-13-29-18)19-21-22-23-26(19)14-16-5-7-17(28-2)8-6-16/h3-8,13,15H,9-12,14H2,1-2H3/p+1/t15-/m1/s1. The Morgan fingerprint density at radius 2 is 2.00 bits per heavy atom. The molecule has 2 aromatic heterocycles. The molecule has 1 fully saturated rings. The van der Waals surface area contributed by atoms with E-state index in [4.69, 9.17) is 9.15 Å². The number of rotatable bonds is 6. The predicted octanol–water partition coefficient (Wildman–Crippen LogP) is 0.425. The molecule has 4 rings (SSSR count). The second-order valence-electron chi connectivity index (χ2n) is 7.19. The van der Waals surface area contributed by atoms with Gasteiger partial charge in [0.05, 0.1) is 46.1 Å². The average molecular weight is 397 g/mol. The van der Waals surface area contributed by atoms with Gasteiger partial charge in [0.2, 0.25) is 5.82 Å². The molecule has 0 bridgehead atoms. The van der Waals surface area contributed by atoms with E-state index in [2.05, 4.69) is 22.4 Å². The summed E-state index contributed by atoms with van der Waals surface area (Å²) in [5.74, 6) is 2.02. The molecule has 3 heterocycles. The monoisotopic (exact) mass is 397 g/mol. The van der Waals surface area contributed by atoms with E-state index in [-0.39, 0.29) is 11.9 Å². The van der Waals surface area contributed by atoms with E-state index < -0.39 is 0 Å². The summed E-state index contributed by atoms with van der Waals surface area (Å²) in [4.78, 5) is 15.6. The van der Waals surface area contributed by atoms with E-state index in [0.717, 1.165) is 30.2 Å². The smallest absolute Gasteiger partial charge is 0.289 e. The SMILES string of the molecule is COc1ccc(Cn2nnnc2[C@@H](C)[NH+]2CCN(C(=O)c3ccco3)CC2)cc1. The minimum atomic E-state index is -0.0500. The highest BCUT2D eigenvalue weighted by atomic mass is 16.5. The Kier molecular flexibility index (Phi) is 5.57. The summed E-state index contributed by atoms with van der Waals surface area (Å²) in [5.41, 5.74) is 1.11. The van der Waals surface area contributed by atoms with Crippen molar-refractivity contribution < 1.29 is 18.8 Å². The number of aromatic nitrogens is 4. The van der Waals surface area contributed by atoms with E-state index in [1.165, 1.54) is 11.2 Å². The van der Waals surface area contributed by atoms with Crippen molar-refractivity contribution in [3.8, 4) is 5.75 Å². The van der Waals surface area contributed by atoms with Crippen LogP contribution in [0.2, 0.25) is 0 Å². The van der Waals surface area contributed by atoms with Crippen LogP contribution >= 0.6 is 0 Å². The second-order valence-corrected chi connectivity index (χ2v) is 7.19. The van der Waals surface area contributed by atoms with Crippen LogP contribution in [0.3, 0.4) is 0 Å². The van der Waals surface area contributed by atoms with Crippen molar-refractivity contribution in [1.29, 1.82) is 0 Å². The van der Waals surface area contributed by atoms with Crippen molar-refractivity contribution in [3.63, 3.8) is 0 Å². The van der Waals surface area contributed by atoms with Crippen LogP contribution in [-0.2, 0) is 6.54 Å². The fourth-order valence-corrected chi connectivity index (χ4v) is 3.71. The second kappa shape index (κ2) is 8.44. The molecule has 1 aliphatic heterocycles. The number of methoxy groups -OCH3 is 1. The maximum Gasteiger partial charge on any atom is 0.289 e. The summed E-state index contributed by atoms with van der Waals surface area (Å²) >= 11 is 0. The lowest BCUT2D eigenvalue weighted by molar-refractivity contribution is -0.934. The molecule has 3 aromatic rings. The summed E-state index contributed by atoms with van der Waals surface area (Å²) in [6.07, 6.45) is 1.53. The molecule has 0 aliphatic carbocycles. The number of amides is 1. The minimum Gasteiger partial charge on any atom is -0.497 e. The fraction of sp³-hybridized carbons (Fsp3) is 0.400. The highest BCUT2D eigenvalue weighted by Crippen LogP contribution is 2.14. The molecule has 29 heavy (non-hydrogen) atoms. The third kappa shape index (κ3) is 4.14. The Bertz CT molecular complexity index is 930. The van der Waals surface area contributed by atoms with Crippen LogP contribution in [0.15, 0.2) is 47.1 Å². The number of carbonyl (C=O) groups excluding carboxylic acids is 1. The lowest BCUT2D eigenvalue weighted by Crippen LogP contribution is -3.14. The van der Waals surface area contributed by atoms with E-state index in [1.54, 1.807) is 19.2 Å². The molecule has 1 atom stereocenters. The number of tetrazole rings is 1. The Morgan fingerprint density at radius 1 is 1.24 bits per heavy atom. The number of nitrogens with one attached hydrogen (secondary N) is 1. The summed E-state index contributed by atoms with van der Waals surface area (Å²) in [6.45, 7) is 5.77. The van der Waals surface area contributed by atoms with Crippen molar-refractivity contribution >= 4 is 5.91 Å². The van der Waals surface area contributed by atoms with E-state index >= 15 is 0 Å². The number of quaternary nitrogens is 1. The molecule has 9 heteroatoms. The van der Waals surface area contributed by atoms with Gasteiger partial charge in [-0.3, -0.25) is 4.79 Å². The lowest BCUT2D eigenvalue weighted by atomic mass is 10.2. The zero-order valence-electron chi connectivity index (χ0n) is 16.6. The van der Waals surface area contributed by atoms with Gasteiger partial charge in [0.15, 0.2) is 5.76 Å². The number of nitrogens with zero attached hydrogens (tertiary/aromatic N) is 5. The molecule has 152 valence electrons. The molecule has 1 N–H and O–H groups in total. The molecule has 1 aliphatic rings. The topological polar surface area (TPSA) is 90.7 Å². The number of ether oxygens (including phenoxy) is 1. The maximum atomic E-state index is 12.4. The van der Waals surface area contributed by atoms with Crippen LogP contribution < -0.4 is 9.64 Å². The van der Waals surface area contributed by atoms with Gasteiger partial charge in [-0.25, -0.2) is 4.68 Å². The van der Waals surface area contributed by atoms with Crippen molar-refractivity contribution in [2.45, 2.75) is 19.5 Å². The van der Waals surface area contributed by atoms with Gasteiger partial charge in [-0.15, -0.1) is 5.10 Å². The third-order valence-electron chi connectivity index (χ3n) is 5.48. The molecule has 9 nitrogen and oxygen atoms in total. The fourth-order valence-electron chi connectivity index (χ4n) is 3.71. The molecule has 1 amide bonds. The highest BCUT2D eigenvalue weighted by molar-refractivity contribution is 5.91. The molecular weight excluding hydrogens is 372 g/mol. The van der Waals surface area contributed by atoms with Crippen LogP contribution in [0.5, 0.6) is 5.75 Å². The van der Waals surface area contributed by atoms with Gasteiger partial charge in [-0.2, -0.15) is 0 Å². The Labute approximate surface area is 168 Å². The summed E-state index contributed by atoms with van der Waals surface area (Å²) in [6, 6.07) is 11.5. The Morgan fingerprint density at radius 3 is 2.66 bits per heavy atom. The van der Waals surface area contributed by atoms with E-state index in [9.17, 15) is 4.79 Å². The molecular formula is C20H25N6O3+. The molecule has 1 aromatic carbocycles. The predicted molar refractivity (Wildman–Crippen MR) is 104 cm³/mol. The lowest BCUT2D eigenvalue weighted by Gasteiger charge is -2.34. The van der Waals surface area contributed by atoms with Crippen molar-refractivity contribution in [3.05, 3.63) is 59.8 Å². The number of benzene rings is 1. The van der Waals surface area contributed by atoms with Crippen LogP contribution in [0.25, 0.3) is 0 Å². The summed E-state index contributed by atoms with van der Waals surface area (Å²) < 4.78 is 12.3. The molecule has 0 spiro atoms. The van der Waals surface area contributed by atoms with Gasteiger partial charge in [0.25, 0.3) is 5.91 Å².